The lowest BCUT2D eigenvalue weighted by molar-refractivity contribution is -0.121. The number of hydrogen-bond donors (Lipinski definition) is 1. The molecule has 0 aliphatic heterocycles. The zero-order valence-electron chi connectivity index (χ0n) is 11.2. The van der Waals surface area contributed by atoms with E-state index in [9.17, 15) is 4.79 Å². The molecule has 0 fully saturated rings. The summed E-state index contributed by atoms with van der Waals surface area (Å²) < 4.78 is 1.89. The van der Waals surface area contributed by atoms with E-state index in [1.165, 1.54) is 5.56 Å². The van der Waals surface area contributed by atoms with Crippen LogP contribution in [0.3, 0.4) is 0 Å². The van der Waals surface area contributed by atoms with Crippen LogP contribution in [0.25, 0.3) is 0 Å². The van der Waals surface area contributed by atoms with Crippen LogP contribution in [0.2, 0.25) is 0 Å². The van der Waals surface area contributed by atoms with Gasteiger partial charge in [-0.15, -0.1) is 0 Å². The number of hydrogen-bond acceptors (Lipinski definition) is 2. The van der Waals surface area contributed by atoms with Gasteiger partial charge in [0.2, 0.25) is 5.91 Å². The molecule has 0 aliphatic carbocycles. The molecule has 0 saturated carbocycles. The van der Waals surface area contributed by atoms with Crippen LogP contribution in [0.5, 0.6) is 0 Å². The summed E-state index contributed by atoms with van der Waals surface area (Å²) in [6.07, 6.45) is 3.05. The van der Waals surface area contributed by atoms with E-state index in [2.05, 4.69) is 10.4 Å². The minimum absolute atomic E-state index is 0.0766. The Balaban J connectivity index is 1.76. The number of nitrogens with one attached hydrogen (secondary N) is 1. The quantitative estimate of drug-likeness (QED) is 0.862. The van der Waals surface area contributed by atoms with E-state index in [-0.39, 0.29) is 5.91 Å². The Hall–Kier alpha value is -2.10. The second-order valence-electron chi connectivity index (χ2n) is 4.40. The normalized spacial score (nSPS) is 10.4. The summed E-state index contributed by atoms with van der Waals surface area (Å²) in [5, 5.41) is 7.10. The average Bonchev–Trinajstić information content (AvgIpc) is 2.91. The predicted molar refractivity (Wildman–Crippen MR) is 74.5 cm³/mol. The van der Waals surface area contributed by atoms with Gasteiger partial charge in [-0.05, 0) is 25.0 Å². The van der Waals surface area contributed by atoms with Crippen molar-refractivity contribution in [2.75, 3.05) is 0 Å². The Kier molecular flexibility index (Phi) is 4.72. The van der Waals surface area contributed by atoms with Crippen molar-refractivity contribution < 1.29 is 4.79 Å². The largest absolute Gasteiger partial charge is 0.350 e. The highest BCUT2D eigenvalue weighted by molar-refractivity contribution is 5.76. The van der Waals surface area contributed by atoms with Gasteiger partial charge in [0, 0.05) is 19.2 Å². The average molecular weight is 257 g/mol. The van der Waals surface area contributed by atoms with Gasteiger partial charge in [0.05, 0.1) is 12.2 Å². The van der Waals surface area contributed by atoms with E-state index in [1.807, 2.05) is 48.0 Å². The maximum absolute atomic E-state index is 11.8. The zero-order chi connectivity index (χ0) is 13.5. The van der Waals surface area contributed by atoms with Crippen LogP contribution in [0.1, 0.15) is 24.6 Å². The highest BCUT2D eigenvalue weighted by atomic mass is 16.1. The molecular formula is C15H19N3O. The summed E-state index contributed by atoms with van der Waals surface area (Å²) in [6.45, 7) is 3.40. The Morgan fingerprint density at radius 1 is 1.26 bits per heavy atom. The third kappa shape index (κ3) is 3.95. The molecule has 0 unspecified atom stereocenters. The Labute approximate surface area is 113 Å². The fourth-order valence-electron chi connectivity index (χ4n) is 1.98. The molecule has 19 heavy (non-hydrogen) atoms. The van der Waals surface area contributed by atoms with Crippen molar-refractivity contribution >= 4 is 5.91 Å². The summed E-state index contributed by atoms with van der Waals surface area (Å²) in [5.74, 6) is 0.0766. The van der Waals surface area contributed by atoms with Crippen LogP contribution in [-0.4, -0.2) is 15.7 Å². The second-order valence-corrected chi connectivity index (χ2v) is 4.40. The number of carbonyl (C=O) groups is 1. The summed E-state index contributed by atoms with van der Waals surface area (Å²) in [4.78, 5) is 11.8. The topological polar surface area (TPSA) is 46.9 Å². The monoisotopic (exact) mass is 257 g/mol. The number of nitrogens with zero attached hydrogens (tertiary/aromatic N) is 2. The van der Waals surface area contributed by atoms with Gasteiger partial charge in [0.1, 0.15) is 0 Å². The lowest BCUT2D eigenvalue weighted by Gasteiger charge is -2.07. The standard InChI is InChI=1S/C15H19N3O/c1-2-18-14(10-11-17-18)12-16-15(19)9-8-13-6-4-3-5-7-13/h3-7,10-11H,2,8-9,12H2,1H3,(H,16,19). The van der Waals surface area contributed by atoms with Gasteiger partial charge in [-0.25, -0.2) is 0 Å². The predicted octanol–water partition coefficient (Wildman–Crippen LogP) is 2.15. The van der Waals surface area contributed by atoms with Crippen molar-refractivity contribution in [3.8, 4) is 0 Å². The van der Waals surface area contributed by atoms with Crippen molar-refractivity contribution in [3.63, 3.8) is 0 Å². The molecule has 100 valence electrons. The van der Waals surface area contributed by atoms with Gasteiger partial charge >= 0.3 is 0 Å². The molecule has 1 N–H and O–H groups in total. The summed E-state index contributed by atoms with van der Waals surface area (Å²) in [7, 11) is 0. The Bertz CT molecular complexity index is 519. The smallest absolute Gasteiger partial charge is 0.220 e. The van der Waals surface area contributed by atoms with Gasteiger partial charge in [-0.3, -0.25) is 9.48 Å². The molecular weight excluding hydrogens is 238 g/mol. The molecule has 1 heterocycles. The Morgan fingerprint density at radius 2 is 2.05 bits per heavy atom. The molecule has 4 heteroatoms. The highest BCUT2D eigenvalue weighted by Crippen LogP contribution is 2.03. The maximum atomic E-state index is 11.8. The first-order valence-corrected chi connectivity index (χ1v) is 6.61. The first-order chi connectivity index (χ1) is 9.29. The number of benzene rings is 1. The van der Waals surface area contributed by atoms with E-state index < -0.39 is 0 Å². The van der Waals surface area contributed by atoms with Crippen molar-refractivity contribution in [2.24, 2.45) is 0 Å². The van der Waals surface area contributed by atoms with E-state index >= 15 is 0 Å². The molecule has 2 aromatic rings. The molecule has 1 amide bonds. The fourth-order valence-corrected chi connectivity index (χ4v) is 1.98. The van der Waals surface area contributed by atoms with Gasteiger partial charge in [-0.1, -0.05) is 30.3 Å². The van der Waals surface area contributed by atoms with Gasteiger partial charge in [0.25, 0.3) is 0 Å². The molecule has 0 aliphatic rings. The number of aromatic nitrogens is 2. The third-order valence-corrected chi connectivity index (χ3v) is 3.05. The lowest BCUT2D eigenvalue weighted by Crippen LogP contribution is -2.24. The molecule has 0 spiro atoms. The van der Waals surface area contributed by atoms with E-state index in [0.29, 0.717) is 13.0 Å². The second kappa shape index (κ2) is 6.73. The molecule has 0 radical (unpaired) electrons. The van der Waals surface area contributed by atoms with Crippen molar-refractivity contribution in [2.45, 2.75) is 32.9 Å². The van der Waals surface area contributed by atoms with Crippen LogP contribution >= 0.6 is 0 Å². The first kappa shape index (κ1) is 13.3. The molecule has 1 aromatic carbocycles. The SMILES string of the molecule is CCn1nccc1CNC(=O)CCc1ccccc1. The highest BCUT2D eigenvalue weighted by Gasteiger charge is 2.04. The first-order valence-electron chi connectivity index (χ1n) is 6.61. The molecule has 1 aromatic heterocycles. The number of aryl methyl sites for hydroxylation is 2. The third-order valence-electron chi connectivity index (χ3n) is 3.05. The zero-order valence-corrected chi connectivity index (χ0v) is 11.2. The van der Waals surface area contributed by atoms with Crippen LogP contribution in [0.15, 0.2) is 42.6 Å². The van der Waals surface area contributed by atoms with Crippen LogP contribution in [-0.2, 0) is 24.3 Å². The van der Waals surface area contributed by atoms with E-state index in [0.717, 1.165) is 18.7 Å². The molecule has 0 bridgehead atoms. The van der Waals surface area contributed by atoms with E-state index in [1.54, 1.807) is 6.20 Å². The minimum atomic E-state index is 0.0766. The Morgan fingerprint density at radius 3 is 2.79 bits per heavy atom. The van der Waals surface area contributed by atoms with Gasteiger partial charge < -0.3 is 5.32 Å². The summed E-state index contributed by atoms with van der Waals surface area (Å²) in [6, 6.07) is 12.0. The van der Waals surface area contributed by atoms with Crippen molar-refractivity contribution in [1.82, 2.24) is 15.1 Å². The van der Waals surface area contributed by atoms with E-state index in [4.69, 9.17) is 0 Å². The molecule has 4 nitrogen and oxygen atoms in total. The van der Waals surface area contributed by atoms with Crippen LogP contribution in [0, 0.1) is 0 Å². The van der Waals surface area contributed by atoms with Crippen molar-refractivity contribution in [1.29, 1.82) is 0 Å². The van der Waals surface area contributed by atoms with Crippen LogP contribution < -0.4 is 5.32 Å². The summed E-state index contributed by atoms with van der Waals surface area (Å²) in [5.41, 5.74) is 2.23. The molecule has 0 atom stereocenters. The number of carbonyl (C=O) groups excluding carboxylic acids is 1. The molecule has 0 saturated heterocycles. The summed E-state index contributed by atoms with van der Waals surface area (Å²) >= 11 is 0. The van der Waals surface area contributed by atoms with Gasteiger partial charge in [0.15, 0.2) is 0 Å². The minimum Gasteiger partial charge on any atom is -0.350 e. The van der Waals surface area contributed by atoms with Crippen molar-refractivity contribution in [3.05, 3.63) is 53.9 Å². The lowest BCUT2D eigenvalue weighted by atomic mass is 10.1. The number of amides is 1. The number of rotatable bonds is 6. The molecule has 2 rings (SSSR count). The van der Waals surface area contributed by atoms with Gasteiger partial charge in [-0.2, -0.15) is 5.10 Å². The fraction of sp³-hybridized carbons (Fsp3) is 0.333. The van der Waals surface area contributed by atoms with Crippen LogP contribution in [0.4, 0.5) is 0 Å². The maximum Gasteiger partial charge on any atom is 0.220 e.